The second kappa shape index (κ2) is 6.17. The molecule has 80 valence electrons. The summed E-state index contributed by atoms with van der Waals surface area (Å²) in [6.45, 7) is 6.10. The van der Waals surface area contributed by atoms with Gasteiger partial charge in [0.15, 0.2) is 0 Å². The maximum Gasteiger partial charge on any atom is 0.0480 e. The molecule has 0 aromatic carbocycles. The SMILES string of the molecule is CCNC(CCOC)c1csc(C)c1. The first-order valence-electron chi connectivity index (χ1n) is 5.05. The van der Waals surface area contributed by atoms with Gasteiger partial charge in [-0.15, -0.1) is 11.3 Å². The first-order chi connectivity index (χ1) is 6.77. The number of hydrogen-bond donors (Lipinski definition) is 1. The molecular weight excluding hydrogens is 194 g/mol. The van der Waals surface area contributed by atoms with Gasteiger partial charge in [-0.25, -0.2) is 0 Å². The molecule has 0 aliphatic heterocycles. The highest BCUT2D eigenvalue weighted by molar-refractivity contribution is 7.10. The molecule has 1 atom stereocenters. The minimum absolute atomic E-state index is 0.449. The van der Waals surface area contributed by atoms with E-state index in [0.717, 1.165) is 19.6 Å². The largest absolute Gasteiger partial charge is 0.385 e. The molecule has 1 rings (SSSR count). The lowest BCUT2D eigenvalue weighted by atomic mass is 10.1. The Morgan fingerprint density at radius 2 is 2.36 bits per heavy atom. The van der Waals surface area contributed by atoms with E-state index in [4.69, 9.17) is 4.74 Å². The maximum atomic E-state index is 5.11. The van der Waals surface area contributed by atoms with Crippen molar-refractivity contribution in [2.24, 2.45) is 0 Å². The van der Waals surface area contributed by atoms with Crippen molar-refractivity contribution in [1.29, 1.82) is 0 Å². The monoisotopic (exact) mass is 213 g/mol. The van der Waals surface area contributed by atoms with Crippen LogP contribution in [0.3, 0.4) is 0 Å². The van der Waals surface area contributed by atoms with Crippen LogP contribution in [-0.4, -0.2) is 20.3 Å². The molecule has 3 heteroatoms. The number of ether oxygens (including phenoxy) is 1. The van der Waals surface area contributed by atoms with E-state index in [1.807, 2.05) is 11.3 Å². The third kappa shape index (κ3) is 3.40. The van der Waals surface area contributed by atoms with Crippen molar-refractivity contribution in [2.45, 2.75) is 26.3 Å². The fourth-order valence-electron chi connectivity index (χ4n) is 1.52. The van der Waals surface area contributed by atoms with Crippen molar-refractivity contribution in [3.05, 3.63) is 21.9 Å². The average molecular weight is 213 g/mol. The molecule has 0 spiro atoms. The minimum atomic E-state index is 0.449. The second-order valence-corrected chi connectivity index (χ2v) is 4.50. The number of nitrogens with one attached hydrogen (secondary N) is 1. The van der Waals surface area contributed by atoms with E-state index in [1.165, 1.54) is 10.4 Å². The van der Waals surface area contributed by atoms with E-state index in [9.17, 15) is 0 Å². The summed E-state index contributed by atoms with van der Waals surface area (Å²) in [5, 5.41) is 5.71. The van der Waals surface area contributed by atoms with Crippen LogP contribution in [0.1, 0.15) is 29.8 Å². The Balaban J connectivity index is 2.57. The van der Waals surface area contributed by atoms with Crippen molar-refractivity contribution < 1.29 is 4.74 Å². The van der Waals surface area contributed by atoms with Crippen molar-refractivity contribution in [2.75, 3.05) is 20.3 Å². The minimum Gasteiger partial charge on any atom is -0.385 e. The summed E-state index contributed by atoms with van der Waals surface area (Å²) in [4.78, 5) is 1.38. The van der Waals surface area contributed by atoms with Crippen LogP contribution in [0.4, 0.5) is 0 Å². The van der Waals surface area contributed by atoms with E-state index < -0.39 is 0 Å². The van der Waals surface area contributed by atoms with Crippen LogP contribution < -0.4 is 5.32 Å². The maximum absolute atomic E-state index is 5.11. The molecule has 0 aliphatic rings. The van der Waals surface area contributed by atoms with E-state index >= 15 is 0 Å². The highest BCUT2D eigenvalue weighted by atomic mass is 32.1. The zero-order valence-electron chi connectivity index (χ0n) is 9.17. The summed E-state index contributed by atoms with van der Waals surface area (Å²) in [5.41, 5.74) is 1.39. The van der Waals surface area contributed by atoms with E-state index in [1.54, 1.807) is 7.11 Å². The predicted molar refractivity (Wildman–Crippen MR) is 62.0 cm³/mol. The fourth-order valence-corrected chi connectivity index (χ4v) is 2.27. The smallest absolute Gasteiger partial charge is 0.0480 e. The summed E-state index contributed by atoms with van der Waals surface area (Å²) in [7, 11) is 1.75. The molecular formula is C11H19NOS. The van der Waals surface area contributed by atoms with Gasteiger partial charge in [0.2, 0.25) is 0 Å². The summed E-state index contributed by atoms with van der Waals surface area (Å²) >= 11 is 1.81. The molecule has 0 fully saturated rings. The molecule has 0 saturated carbocycles. The van der Waals surface area contributed by atoms with Crippen molar-refractivity contribution in [1.82, 2.24) is 5.32 Å². The summed E-state index contributed by atoms with van der Waals surface area (Å²) in [6, 6.07) is 2.71. The third-order valence-electron chi connectivity index (χ3n) is 2.21. The number of thiophene rings is 1. The standard InChI is InChI=1S/C11H19NOS/c1-4-12-11(5-6-13-3)10-7-9(2)14-8-10/h7-8,11-12H,4-6H2,1-3H3. The Bertz CT molecular complexity index is 260. The average Bonchev–Trinajstić information content (AvgIpc) is 2.59. The number of hydrogen-bond acceptors (Lipinski definition) is 3. The highest BCUT2D eigenvalue weighted by Gasteiger charge is 2.10. The highest BCUT2D eigenvalue weighted by Crippen LogP contribution is 2.22. The lowest BCUT2D eigenvalue weighted by Crippen LogP contribution is -2.21. The van der Waals surface area contributed by atoms with Crippen LogP contribution in [0, 0.1) is 6.92 Å². The lowest BCUT2D eigenvalue weighted by molar-refractivity contribution is 0.183. The second-order valence-electron chi connectivity index (χ2n) is 3.38. The summed E-state index contributed by atoms with van der Waals surface area (Å²) in [5.74, 6) is 0. The molecule has 1 N–H and O–H groups in total. The van der Waals surface area contributed by atoms with Crippen molar-refractivity contribution >= 4 is 11.3 Å². The van der Waals surface area contributed by atoms with Gasteiger partial charge >= 0.3 is 0 Å². The van der Waals surface area contributed by atoms with E-state index in [2.05, 4.69) is 30.6 Å². The van der Waals surface area contributed by atoms with Crippen LogP contribution in [0.25, 0.3) is 0 Å². The molecule has 2 nitrogen and oxygen atoms in total. The van der Waals surface area contributed by atoms with Crippen LogP contribution in [-0.2, 0) is 4.74 Å². The first kappa shape index (κ1) is 11.7. The van der Waals surface area contributed by atoms with Gasteiger partial charge in [0.05, 0.1) is 0 Å². The van der Waals surface area contributed by atoms with Crippen LogP contribution >= 0.6 is 11.3 Å². The Morgan fingerprint density at radius 3 is 2.86 bits per heavy atom. The van der Waals surface area contributed by atoms with E-state index in [-0.39, 0.29) is 0 Å². The fraction of sp³-hybridized carbons (Fsp3) is 0.636. The topological polar surface area (TPSA) is 21.3 Å². The number of aryl methyl sites for hydroxylation is 1. The number of methoxy groups -OCH3 is 1. The molecule has 1 aromatic heterocycles. The van der Waals surface area contributed by atoms with Gasteiger partial charge in [0.25, 0.3) is 0 Å². The molecule has 1 aromatic rings. The van der Waals surface area contributed by atoms with Crippen molar-refractivity contribution in [3.8, 4) is 0 Å². The van der Waals surface area contributed by atoms with E-state index in [0.29, 0.717) is 6.04 Å². The molecule has 0 saturated heterocycles. The third-order valence-corrected chi connectivity index (χ3v) is 3.09. The van der Waals surface area contributed by atoms with Gasteiger partial charge in [0.1, 0.15) is 0 Å². The van der Waals surface area contributed by atoms with Gasteiger partial charge in [-0.2, -0.15) is 0 Å². The predicted octanol–water partition coefficient (Wildman–Crippen LogP) is 2.74. The van der Waals surface area contributed by atoms with Gasteiger partial charge < -0.3 is 10.1 Å². The number of rotatable bonds is 6. The quantitative estimate of drug-likeness (QED) is 0.784. The lowest BCUT2D eigenvalue weighted by Gasteiger charge is -2.15. The van der Waals surface area contributed by atoms with Crippen LogP contribution in [0.5, 0.6) is 0 Å². The Morgan fingerprint density at radius 1 is 1.57 bits per heavy atom. The van der Waals surface area contributed by atoms with Crippen LogP contribution in [0.2, 0.25) is 0 Å². The summed E-state index contributed by atoms with van der Waals surface area (Å²) < 4.78 is 5.11. The molecule has 0 radical (unpaired) electrons. The van der Waals surface area contributed by atoms with Gasteiger partial charge in [-0.1, -0.05) is 6.92 Å². The van der Waals surface area contributed by atoms with Gasteiger partial charge in [-0.05, 0) is 36.9 Å². The Labute approximate surface area is 90.3 Å². The summed E-state index contributed by atoms with van der Waals surface area (Å²) in [6.07, 6.45) is 1.04. The molecule has 1 unspecified atom stereocenters. The van der Waals surface area contributed by atoms with Gasteiger partial charge in [-0.3, -0.25) is 0 Å². The molecule has 0 amide bonds. The zero-order chi connectivity index (χ0) is 10.4. The molecule has 0 bridgehead atoms. The Kier molecular flexibility index (Phi) is 5.15. The Hall–Kier alpha value is -0.380. The van der Waals surface area contributed by atoms with Gasteiger partial charge in [0, 0.05) is 24.6 Å². The molecule has 14 heavy (non-hydrogen) atoms. The molecule has 0 aliphatic carbocycles. The van der Waals surface area contributed by atoms with Crippen LogP contribution in [0.15, 0.2) is 11.4 Å². The van der Waals surface area contributed by atoms with Crippen molar-refractivity contribution in [3.63, 3.8) is 0 Å². The first-order valence-corrected chi connectivity index (χ1v) is 5.93. The normalized spacial score (nSPS) is 13.1. The zero-order valence-corrected chi connectivity index (χ0v) is 9.99. The molecule has 1 heterocycles.